The van der Waals surface area contributed by atoms with Crippen LogP contribution in [0.4, 0.5) is 22.7 Å². The van der Waals surface area contributed by atoms with Crippen molar-refractivity contribution in [1.29, 1.82) is 0 Å². The van der Waals surface area contributed by atoms with Crippen molar-refractivity contribution in [2.75, 3.05) is 37.5 Å². The molecule has 0 spiro atoms. The summed E-state index contributed by atoms with van der Waals surface area (Å²) < 4.78 is 16.6. The van der Waals surface area contributed by atoms with Crippen LogP contribution in [0.1, 0.15) is 41.5 Å². The summed E-state index contributed by atoms with van der Waals surface area (Å²) >= 11 is 7.00. The minimum Gasteiger partial charge on any atom is -0.465 e. The molecule has 0 radical (unpaired) electrons. The van der Waals surface area contributed by atoms with Crippen LogP contribution in [-0.4, -0.2) is 45.2 Å². The third kappa shape index (κ3) is 7.66. The standard InChI is InChI=1S/C28H28Br2N4O6/c1-6-34(7-2)19-8-9-24(25(13-19)31-16(3)35)32-33-26-22(29)14-21(15-23(26)30)40-20-11-17(27(36)38-4)10-18(12-20)28(37)39-5/h8-15H,6-7H2,1-5H3,(H,31,35). The van der Waals surface area contributed by atoms with Gasteiger partial charge < -0.3 is 24.4 Å². The first-order valence-electron chi connectivity index (χ1n) is 12.2. The van der Waals surface area contributed by atoms with E-state index in [1.807, 2.05) is 12.1 Å². The molecule has 0 aliphatic heterocycles. The summed E-state index contributed by atoms with van der Waals surface area (Å²) in [6.45, 7) is 7.20. The molecule has 0 aromatic heterocycles. The van der Waals surface area contributed by atoms with E-state index in [-0.39, 0.29) is 22.8 Å². The lowest BCUT2D eigenvalue weighted by atomic mass is 10.1. The number of azo groups is 1. The van der Waals surface area contributed by atoms with E-state index in [0.717, 1.165) is 18.8 Å². The summed E-state index contributed by atoms with van der Waals surface area (Å²) in [5.74, 6) is -0.860. The Kier molecular flexibility index (Phi) is 10.8. The van der Waals surface area contributed by atoms with Crippen molar-refractivity contribution in [1.82, 2.24) is 0 Å². The van der Waals surface area contributed by atoms with Crippen molar-refractivity contribution in [3.05, 3.63) is 68.6 Å². The largest absolute Gasteiger partial charge is 0.465 e. The highest BCUT2D eigenvalue weighted by atomic mass is 79.9. The quantitative estimate of drug-likeness (QED) is 0.172. The lowest BCUT2D eigenvalue weighted by molar-refractivity contribution is -0.114. The van der Waals surface area contributed by atoms with E-state index in [1.54, 1.807) is 18.2 Å². The number of amides is 1. The zero-order valence-electron chi connectivity index (χ0n) is 22.6. The third-order valence-electron chi connectivity index (χ3n) is 5.65. The van der Waals surface area contributed by atoms with Crippen LogP contribution in [0.3, 0.4) is 0 Å². The fourth-order valence-electron chi connectivity index (χ4n) is 3.75. The van der Waals surface area contributed by atoms with Crippen LogP contribution in [0.15, 0.2) is 67.7 Å². The van der Waals surface area contributed by atoms with Crippen molar-refractivity contribution < 1.29 is 28.6 Å². The van der Waals surface area contributed by atoms with Crippen molar-refractivity contribution >= 4 is 72.5 Å². The van der Waals surface area contributed by atoms with Gasteiger partial charge in [-0.3, -0.25) is 4.79 Å². The molecular weight excluding hydrogens is 648 g/mol. The average molecular weight is 676 g/mol. The van der Waals surface area contributed by atoms with Gasteiger partial charge in [-0.25, -0.2) is 9.59 Å². The van der Waals surface area contributed by atoms with Crippen LogP contribution in [0.25, 0.3) is 0 Å². The lowest BCUT2D eigenvalue weighted by Crippen LogP contribution is -2.21. The number of hydrogen-bond donors (Lipinski definition) is 1. The maximum absolute atomic E-state index is 12.1. The number of ether oxygens (including phenoxy) is 3. The summed E-state index contributed by atoms with van der Waals surface area (Å²) in [4.78, 5) is 38.2. The molecule has 10 nitrogen and oxygen atoms in total. The second-order valence-electron chi connectivity index (χ2n) is 8.32. The first kappa shape index (κ1) is 30.8. The van der Waals surface area contributed by atoms with Gasteiger partial charge in [-0.2, -0.15) is 0 Å². The molecule has 0 fully saturated rings. The molecular formula is C28H28Br2N4O6. The molecule has 40 heavy (non-hydrogen) atoms. The number of hydrogen-bond acceptors (Lipinski definition) is 9. The Labute approximate surface area is 249 Å². The highest BCUT2D eigenvalue weighted by Crippen LogP contribution is 2.41. The van der Waals surface area contributed by atoms with Gasteiger partial charge in [0, 0.05) is 34.6 Å². The number of halogens is 2. The van der Waals surface area contributed by atoms with Gasteiger partial charge in [-0.1, -0.05) is 0 Å². The molecule has 12 heteroatoms. The molecule has 0 bridgehead atoms. The van der Waals surface area contributed by atoms with Gasteiger partial charge in [0.25, 0.3) is 0 Å². The summed E-state index contributed by atoms with van der Waals surface area (Å²) in [6, 6.07) is 13.2. The highest BCUT2D eigenvalue weighted by molar-refractivity contribution is 9.11. The predicted octanol–water partition coefficient (Wildman–Crippen LogP) is 7.80. The molecule has 1 N–H and O–H groups in total. The van der Waals surface area contributed by atoms with Gasteiger partial charge in [-0.05, 0) is 94.2 Å². The van der Waals surface area contributed by atoms with Crippen LogP contribution in [0.2, 0.25) is 0 Å². The van der Waals surface area contributed by atoms with Gasteiger partial charge in [0.1, 0.15) is 22.9 Å². The summed E-state index contributed by atoms with van der Waals surface area (Å²) in [5, 5.41) is 11.6. The summed E-state index contributed by atoms with van der Waals surface area (Å²) in [6.07, 6.45) is 0. The highest BCUT2D eigenvalue weighted by Gasteiger charge is 2.16. The first-order valence-corrected chi connectivity index (χ1v) is 13.8. The SMILES string of the molecule is CCN(CC)c1ccc(N=Nc2c(Br)cc(Oc3cc(C(=O)OC)cc(C(=O)OC)c3)cc2Br)c(NC(C)=O)c1. The Bertz CT molecular complexity index is 1400. The Morgan fingerprint density at radius 3 is 1.88 bits per heavy atom. The van der Waals surface area contributed by atoms with Crippen LogP contribution in [-0.2, 0) is 14.3 Å². The van der Waals surface area contributed by atoms with E-state index < -0.39 is 11.9 Å². The number of nitrogens with one attached hydrogen (secondary N) is 1. The summed E-state index contributed by atoms with van der Waals surface area (Å²) in [7, 11) is 2.49. The minimum atomic E-state index is -0.627. The Hall–Kier alpha value is -3.77. The number of esters is 2. The Morgan fingerprint density at radius 1 is 0.825 bits per heavy atom. The zero-order valence-corrected chi connectivity index (χ0v) is 25.8. The second-order valence-corrected chi connectivity index (χ2v) is 10.0. The van der Waals surface area contributed by atoms with Gasteiger partial charge in [-0.15, -0.1) is 10.2 Å². The number of carbonyl (C=O) groups is 3. The molecule has 3 rings (SSSR count). The maximum Gasteiger partial charge on any atom is 0.338 e. The minimum absolute atomic E-state index is 0.130. The number of anilines is 2. The van der Waals surface area contributed by atoms with Crippen LogP contribution < -0.4 is 15.0 Å². The number of nitrogens with zero attached hydrogens (tertiary/aromatic N) is 3. The fourth-order valence-corrected chi connectivity index (χ4v) is 5.06. The Balaban J connectivity index is 1.93. The molecule has 210 valence electrons. The Morgan fingerprint density at radius 2 is 1.38 bits per heavy atom. The smallest absolute Gasteiger partial charge is 0.338 e. The van der Waals surface area contributed by atoms with Gasteiger partial charge in [0.05, 0.1) is 31.0 Å². The van der Waals surface area contributed by atoms with Crippen LogP contribution >= 0.6 is 31.9 Å². The van der Waals surface area contributed by atoms with Gasteiger partial charge in [0.15, 0.2) is 0 Å². The van der Waals surface area contributed by atoms with Crippen molar-refractivity contribution in [3.8, 4) is 11.5 Å². The van der Waals surface area contributed by atoms with E-state index in [4.69, 9.17) is 14.2 Å². The van der Waals surface area contributed by atoms with E-state index in [2.05, 4.69) is 66.2 Å². The van der Waals surface area contributed by atoms with Crippen molar-refractivity contribution in [3.63, 3.8) is 0 Å². The number of carbonyl (C=O) groups excluding carboxylic acids is 3. The number of benzene rings is 3. The molecule has 3 aromatic carbocycles. The molecule has 0 unspecified atom stereocenters. The maximum atomic E-state index is 12.1. The normalized spacial score (nSPS) is 10.8. The van der Waals surface area contributed by atoms with E-state index in [9.17, 15) is 14.4 Å². The van der Waals surface area contributed by atoms with Crippen molar-refractivity contribution in [2.45, 2.75) is 20.8 Å². The molecule has 0 atom stereocenters. The number of methoxy groups -OCH3 is 2. The lowest BCUT2D eigenvalue weighted by Gasteiger charge is -2.22. The van der Waals surface area contributed by atoms with Crippen LogP contribution in [0.5, 0.6) is 11.5 Å². The molecule has 0 aliphatic rings. The molecule has 0 saturated heterocycles. The topological polar surface area (TPSA) is 119 Å². The monoisotopic (exact) mass is 674 g/mol. The average Bonchev–Trinajstić information content (AvgIpc) is 2.92. The fraction of sp³-hybridized carbons (Fsp3) is 0.250. The van der Waals surface area contributed by atoms with E-state index >= 15 is 0 Å². The molecule has 0 heterocycles. The molecule has 0 saturated carbocycles. The van der Waals surface area contributed by atoms with E-state index in [1.165, 1.54) is 39.3 Å². The van der Waals surface area contributed by atoms with Crippen molar-refractivity contribution in [2.24, 2.45) is 10.2 Å². The van der Waals surface area contributed by atoms with E-state index in [0.29, 0.717) is 31.8 Å². The molecule has 0 aliphatic carbocycles. The first-order chi connectivity index (χ1) is 19.1. The molecule has 3 aromatic rings. The molecule has 1 amide bonds. The summed E-state index contributed by atoms with van der Waals surface area (Å²) in [5.41, 5.74) is 2.73. The predicted molar refractivity (Wildman–Crippen MR) is 160 cm³/mol. The zero-order chi connectivity index (χ0) is 29.4. The number of rotatable bonds is 10. The third-order valence-corrected chi connectivity index (χ3v) is 6.86. The van der Waals surface area contributed by atoms with Gasteiger partial charge in [0.2, 0.25) is 5.91 Å². The van der Waals surface area contributed by atoms with Gasteiger partial charge >= 0.3 is 11.9 Å². The van der Waals surface area contributed by atoms with Crippen LogP contribution in [0, 0.1) is 0 Å². The second kappa shape index (κ2) is 14.0.